The number of hydrogen-bond acceptors (Lipinski definition) is 11. The van der Waals surface area contributed by atoms with Crippen molar-refractivity contribution in [3.05, 3.63) is 66.0 Å². The molecule has 0 saturated carbocycles. The molecule has 0 aliphatic carbocycles. The predicted molar refractivity (Wildman–Crippen MR) is 181 cm³/mol. The van der Waals surface area contributed by atoms with Crippen molar-refractivity contribution in [1.82, 2.24) is 29.3 Å². The van der Waals surface area contributed by atoms with Gasteiger partial charge in [0.25, 0.3) is 5.91 Å². The molecular weight excluding hydrogens is 624 g/mol. The molecule has 0 N–H and O–H groups in total. The van der Waals surface area contributed by atoms with Crippen LogP contribution in [0.25, 0.3) is 16.6 Å². The average molecular weight is 667 g/mol. The van der Waals surface area contributed by atoms with Crippen LogP contribution in [-0.2, 0) is 19.0 Å². The standard InChI is InChI=1S/C36H42N8O5/c1-40-21-27(4-6-32(40)46-2)34(45)42-12-7-35(23-42)24-43(25-35)31-5-3-26(19-38-31)30-17-29(22-44-33(30)28(18-37)20-39-44)47-14-13-41-10-8-36(9-11-41)48-15-16-49-36/h3-6,17,19-20,22H,7-16,21,23-25H2,1-2H3. The SMILES string of the molecule is COC1=CC=C(C(=O)N2CCC3(C2)CN(c2ccc(-c4cc(OCCN5CCC6(CC5)OCCO6)cn5ncc(C#N)c45)cn2)C3)CN1C. The molecule has 8 rings (SSSR count). The van der Waals surface area contributed by atoms with Gasteiger partial charge in [0, 0.05) is 94.0 Å². The van der Waals surface area contributed by atoms with Crippen LogP contribution in [0.3, 0.4) is 0 Å². The number of nitrogens with zero attached hydrogens (tertiary/aromatic N) is 8. The van der Waals surface area contributed by atoms with Gasteiger partial charge in [-0.1, -0.05) is 0 Å². The van der Waals surface area contributed by atoms with E-state index in [1.54, 1.807) is 17.8 Å². The fraction of sp³-hybridized carbons (Fsp3) is 0.500. The first-order valence-electron chi connectivity index (χ1n) is 17.1. The summed E-state index contributed by atoms with van der Waals surface area (Å²) in [5.74, 6) is 2.08. The summed E-state index contributed by atoms with van der Waals surface area (Å²) in [4.78, 5) is 26.8. The number of allylic oxidation sites excluding steroid dienone is 2. The lowest BCUT2D eigenvalue weighted by Crippen LogP contribution is -2.58. The van der Waals surface area contributed by atoms with Gasteiger partial charge in [-0.25, -0.2) is 9.50 Å². The normalized spacial score (nSPS) is 21.5. The number of ether oxygens (including phenoxy) is 4. The highest BCUT2D eigenvalue weighted by molar-refractivity contribution is 5.94. The third-order valence-electron chi connectivity index (χ3n) is 10.7. The molecule has 3 aromatic rings. The first kappa shape index (κ1) is 31.6. The van der Waals surface area contributed by atoms with Gasteiger partial charge < -0.3 is 33.6 Å². The fourth-order valence-corrected chi connectivity index (χ4v) is 7.95. The van der Waals surface area contributed by atoms with Crippen molar-refractivity contribution in [1.29, 1.82) is 5.26 Å². The smallest absolute Gasteiger partial charge is 0.251 e. The van der Waals surface area contributed by atoms with Gasteiger partial charge in [0.1, 0.15) is 24.2 Å². The minimum atomic E-state index is -0.382. The number of likely N-dealkylation sites (N-methyl/N-ethyl adjacent to an activating group) is 1. The van der Waals surface area contributed by atoms with Crippen molar-refractivity contribution < 1.29 is 23.7 Å². The van der Waals surface area contributed by atoms with E-state index in [0.29, 0.717) is 37.7 Å². The highest BCUT2D eigenvalue weighted by atomic mass is 16.7. The molecular formula is C36H42N8O5. The molecule has 1 amide bonds. The number of pyridine rings is 2. The van der Waals surface area contributed by atoms with Gasteiger partial charge in [-0.15, -0.1) is 0 Å². The first-order valence-corrected chi connectivity index (χ1v) is 17.1. The number of carbonyl (C=O) groups excluding carboxylic acids is 1. The van der Waals surface area contributed by atoms with Crippen LogP contribution in [0.2, 0.25) is 0 Å². The van der Waals surface area contributed by atoms with E-state index in [-0.39, 0.29) is 17.1 Å². The molecule has 13 heteroatoms. The number of carbonyl (C=O) groups is 1. The lowest BCUT2D eigenvalue weighted by molar-refractivity contribution is -0.185. The van der Waals surface area contributed by atoms with Crippen molar-refractivity contribution in [3.8, 4) is 22.9 Å². The topological polar surface area (TPSA) is 121 Å². The van der Waals surface area contributed by atoms with E-state index in [1.165, 1.54) is 0 Å². The van der Waals surface area contributed by atoms with Crippen LogP contribution in [0.15, 0.2) is 60.4 Å². The molecule has 2 spiro atoms. The van der Waals surface area contributed by atoms with Crippen molar-refractivity contribution >= 4 is 17.2 Å². The second-order valence-electron chi connectivity index (χ2n) is 13.8. The molecule has 4 fully saturated rings. The maximum absolute atomic E-state index is 13.3. The van der Waals surface area contributed by atoms with Crippen molar-refractivity contribution in [2.24, 2.45) is 5.41 Å². The van der Waals surface area contributed by atoms with Gasteiger partial charge >= 0.3 is 0 Å². The summed E-state index contributed by atoms with van der Waals surface area (Å²) < 4.78 is 25.0. The molecule has 13 nitrogen and oxygen atoms in total. The Bertz CT molecular complexity index is 1820. The van der Waals surface area contributed by atoms with Gasteiger partial charge in [0.05, 0.1) is 50.3 Å². The lowest BCUT2D eigenvalue weighted by atomic mass is 9.79. The molecule has 3 aromatic heterocycles. The zero-order valence-corrected chi connectivity index (χ0v) is 28.1. The fourth-order valence-electron chi connectivity index (χ4n) is 7.95. The summed E-state index contributed by atoms with van der Waals surface area (Å²) in [5, 5.41) is 14.3. The van der Waals surface area contributed by atoms with E-state index >= 15 is 0 Å². The summed E-state index contributed by atoms with van der Waals surface area (Å²) in [6, 6.07) is 8.35. The number of anilines is 1. The van der Waals surface area contributed by atoms with Crippen LogP contribution in [0.1, 0.15) is 24.8 Å². The zero-order chi connectivity index (χ0) is 33.6. The molecule has 49 heavy (non-hydrogen) atoms. The van der Waals surface area contributed by atoms with Gasteiger partial charge in [0.2, 0.25) is 0 Å². The molecule has 256 valence electrons. The Hall–Kier alpha value is -4.64. The number of aromatic nitrogens is 3. The number of nitriles is 1. The number of amides is 1. The number of fused-ring (bicyclic) bond motifs is 1. The Labute approximate surface area is 285 Å². The molecule has 0 unspecified atom stereocenters. The van der Waals surface area contributed by atoms with Crippen molar-refractivity contribution in [2.75, 3.05) is 91.2 Å². The van der Waals surface area contributed by atoms with E-state index in [2.05, 4.69) is 27.0 Å². The lowest BCUT2D eigenvalue weighted by Gasteiger charge is -2.48. The van der Waals surface area contributed by atoms with E-state index in [1.807, 2.05) is 53.5 Å². The minimum absolute atomic E-state index is 0.0927. The van der Waals surface area contributed by atoms with Gasteiger partial charge in [0.15, 0.2) is 11.7 Å². The number of hydrogen-bond donors (Lipinski definition) is 0. The average Bonchev–Trinajstić information content (AvgIpc) is 3.87. The van der Waals surface area contributed by atoms with Crippen LogP contribution >= 0.6 is 0 Å². The monoisotopic (exact) mass is 666 g/mol. The van der Waals surface area contributed by atoms with Gasteiger partial charge in [-0.3, -0.25) is 9.69 Å². The quantitative estimate of drug-likeness (QED) is 0.353. The molecule has 0 aromatic carbocycles. The highest BCUT2D eigenvalue weighted by Crippen LogP contribution is 2.42. The summed E-state index contributed by atoms with van der Waals surface area (Å²) >= 11 is 0. The van der Waals surface area contributed by atoms with Crippen LogP contribution in [-0.4, -0.2) is 127 Å². The van der Waals surface area contributed by atoms with E-state index in [9.17, 15) is 10.1 Å². The molecule has 4 saturated heterocycles. The summed E-state index contributed by atoms with van der Waals surface area (Å²) in [6.07, 6.45) is 11.8. The van der Waals surface area contributed by atoms with E-state index in [4.69, 9.17) is 23.9 Å². The molecule has 0 bridgehead atoms. The van der Waals surface area contributed by atoms with Crippen LogP contribution in [0.5, 0.6) is 5.75 Å². The summed E-state index contributed by atoms with van der Waals surface area (Å²) in [6.45, 7) is 8.32. The van der Waals surface area contributed by atoms with Crippen LogP contribution in [0, 0.1) is 16.7 Å². The van der Waals surface area contributed by atoms with Crippen LogP contribution < -0.4 is 9.64 Å². The predicted octanol–water partition coefficient (Wildman–Crippen LogP) is 2.88. The largest absolute Gasteiger partial charge is 0.491 e. The third kappa shape index (κ3) is 5.98. The number of methoxy groups -OCH3 is 1. The second-order valence-corrected chi connectivity index (χ2v) is 13.8. The first-order chi connectivity index (χ1) is 23.9. The molecule has 5 aliphatic heterocycles. The van der Waals surface area contributed by atoms with Gasteiger partial charge in [-0.2, -0.15) is 10.4 Å². The highest BCUT2D eigenvalue weighted by Gasteiger charge is 2.49. The Morgan fingerprint density at radius 2 is 1.88 bits per heavy atom. The van der Waals surface area contributed by atoms with Crippen LogP contribution in [0.4, 0.5) is 5.82 Å². The van der Waals surface area contributed by atoms with Crippen molar-refractivity contribution in [2.45, 2.75) is 25.0 Å². The Balaban J connectivity index is 0.906. The molecule has 8 heterocycles. The zero-order valence-electron chi connectivity index (χ0n) is 28.1. The van der Waals surface area contributed by atoms with E-state index in [0.717, 1.165) is 99.0 Å². The van der Waals surface area contributed by atoms with Gasteiger partial charge in [-0.05, 0) is 36.8 Å². The maximum atomic E-state index is 13.3. The molecule has 0 atom stereocenters. The molecule has 5 aliphatic rings. The minimum Gasteiger partial charge on any atom is -0.491 e. The second kappa shape index (κ2) is 12.7. The Morgan fingerprint density at radius 3 is 2.59 bits per heavy atom. The molecule has 0 radical (unpaired) electrons. The van der Waals surface area contributed by atoms with E-state index < -0.39 is 0 Å². The summed E-state index contributed by atoms with van der Waals surface area (Å²) in [5.41, 5.74) is 3.85. The number of rotatable bonds is 8. The summed E-state index contributed by atoms with van der Waals surface area (Å²) in [7, 11) is 3.58. The number of likely N-dealkylation sites (tertiary alicyclic amines) is 2. The Morgan fingerprint density at radius 1 is 1.06 bits per heavy atom. The van der Waals surface area contributed by atoms with Crippen molar-refractivity contribution in [3.63, 3.8) is 0 Å². The number of piperidine rings is 1. The third-order valence-corrected chi connectivity index (χ3v) is 10.7. The maximum Gasteiger partial charge on any atom is 0.251 e. The Kier molecular flexibility index (Phi) is 8.18.